The molecule has 0 aliphatic carbocycles. The van der Waals surface area contributed by atoms with Crippen LogP contribution < -0.4 is 0 Å². The van der Waals surface area contributed by atoms with Crippen LogP contribution >= 0.6 is 0 Å². The monoisotopic (exact) mass is 197 g/mol. The first kappa shape index (κ1) is 9.88. The van der Waals surface area contributed by atoms with Crippen LogP contribution in [0.5, 0.6) is 0 Å². The van der Waals surface area contributed by atoms with E-state index in [1.54, 1.807) is 0 Å². The van der Waals surface area contributed by atoms with Crippen LogP contribution in [-0.2, 0) is 10.0 Å². The maximum absolute atomic E-state index is 11.8. The standard InChI is InChI=1S/C6H12FNO3S/c7-4-6(9)5-8-2-1-3-12(8,10)11/h6,9H,1-5H2. The van der Waals surface area contributed by atoms with Crippen molar-refractivity contribution >= 4 is 10.0 Å². The number of aliphatic hydroxyl groups excluding tert-OH is 1. The van der Waals surface area contributed by atoms with Gasteiger partial charge in [-0.2, -0.15) is 4.31 Å². The van der Waals surface area contributed by atoms with Crippen molar-refractivity contribution in [1.82, 2.24) is 4.31 Å². The van der Waals surface area contributed by atoms with E-state index >= 15 is 0 Å². The molecule has 1 rings (SSSR count). The second-order valence-electron chi connectivity index (χ2n) is 2.84. The molecular formula is C6H12FNO3S. The lowest BCUT2D eigenvalue weighted by molar-refractivity contribution is 0.119. The fraction of sp³-hybridized carbons (Fsp3) is 1.00. The lowest BCUT2D eigenvalue weighted by Crippen LogP contribution is -2.34. The average Bonchev–Trinajstić information content (AvgIpc) is 2.31. The summed E-state index contributed by atoms with van der Waals surface area (Å²) in [5.41, 5.74) is 0. The molecule has 1 heterocycles. The summed E-state index contributed by atoms with van der Waals surface area (Å²) in [5.74, 6) is 0.117. The third-order valence-corrected chi connectivity index (χ3v) is 3.72. The van der Waals surface area contributed by atoms with Gasteiger partial charge < -0.3 is 5.11 Å². The van der Waals surface area contributed by atoms with Crippen molar-refractivity contribution in [2.24, 2.45) is 0 Å². The molecular weight excluding hydrogens is 185 g/mol. The van der Waals surface area contributed by atoms with E-state index in [0.717, 1.165) is 4.31 Å². The van der Waals surface area contributed by atoms with Gasteiger partial charge in [0.25, 0.3) is 0 Å². The fourth-order valence-corrected chi connectivity index (χ4v) is 2.74. The van der Waals surface area contributed by atoms with Crippen molar-refractivity contribution in [2.75, 3.05) is 25.5 Å². The Morgan fingerprint density at radius 1 is 1.58 bits per heavy atom. The maximum Gasteiger partial charge on any atom is 0.214 e. The van der Waals surface area contributed by atoms with E-state index in [9.17, 15) is 12.8 Å². The molecule has 1 aliphatic heterocycles. The molecule has 1 atom stereocenters. The van der Waals surface area contributed by atoms with Crippen LogP contribution in [0.4, 0.5) is 4.39 Å². The van der Waals surface area contributed by atoms with E-state index in [-0.39, 0.29) is 12.3 Å². The van der Waals surface area contributed by atoms with Crippen molar-refractivity contribution in [3.05, 3.63) is 0 Å². The third kappa shape index (κ3) is 2.15. The first-order chi connectivity index (χ1) is 5.56. The highest BCUT2D eigenvalue weighted by Crippen LogP contribution is 2.13. The van der Waals surface area contributed by atoms with Crippen LogP contribution in [0.15, 0.2) is 0 Å². The normalized spacial score (nSPS) is 25.8. The molecule has 0 radical (unpaired) electrons. The van der Waals surface area contributed by atoms with Gasteiger partial charge in [-0.05, 0) is 6.42 Å². The van der Waals surface area contributed by atoms with Crippen LogP contribution in [0.2, 0.25) is 0 Å². The molecule has 0 aromatic heterocycles. The molecule has 0 amide bonds. The van der Waals surface area contributed by atoms with Crippen LogP contribution in [0.1, 0.15) is 6.42 Å². The average molecular weight is 197 g/mol. The Balaban J connectivity index is 2.53. The maximum atomic E-state index is 11.8. The van der Waals surface area contributed by atoms with Gasteiger partial charge in [-0.1, -0.05) is 0 Å². The predicted molar refractivity (Wildman–Crippen MR) is 42.0 cm³/mol. The summed E-state index contributed by atoms with van der Waals surface area (Å²) >= 11 is 0. The molecule has 0 spiro atoms. The fourth-order valence-electron chi connectivity index (χ4n) is 1.18. The zero-order valence-corrected chi connectivity index (χ0v) is 7.43. The molecule has 0 saturated carbocycles. The lowest BCUT2D eigenvalue weighted by Gasteiger charge is -2.16. The smallest absolute Gasteiger partial charge is 0.214 e. The molecule has 0 bridgehead atoms. The summed E-state index contributed by atoms with van der Waals surface area (Å²) in [6.45, 7) is -0.607. The number of halogens is 1. The van der Waals surface area contributed by atoms with E-state index in [0.29, 0.717) is 13.0 Å². The first-order valence-corrected chi connectivity index (χ1v) is 5.39. The number of nitrogens with zero attached hydrogens (tertiary/aromatic N) is 1. The molecule has 4 nitrogen and oxygen atoms in total. The zero-order valence-electron chi connectivity index (χ0n) is 6.61. The number of rotatable bonds is 3. The van der Waals surface area contributed by atoms with Crippen LogP contribution in [0, 0.1) is 0 Å². The van der Waals surface area contributed by atoms with Gasteiger partial charge >= 0.3 is 0 Å². The minimum Gasteiger partial charge on any atom is -0.389 e. The van der Waals surface area contributed by atoms with Crippen molar-refractivity contribution in [1.29, 1.82) is 0 Å². The van der Waals surface area contributed by atoms with Gasteiger partial charge in [0.15, 0.2) is 0 Å². The first-order valence-electron chi connectivity index (χ1n) is 3.78. The number of β-amino-alcohol motifs (C(OH)–C–C–N with tert-alkyl or cyclic N) is 1. The molecule has 1 saturated heterocycles. The molecule has 72 valence electrons. The van der Waals surface area contributed by atoms with Gasteiger partial charge in [-0.3, -0.25) is 0 Å². The quantitative estimate of drug-likeness (QED) is 0.654. The Labute approximate surface area is 71.0 Å². The van der Waals surface area contributed by atoms with E-state index in [1.807, 2.05) is 0 Å². The van der Waals surface area contributed by atoms with Crippen molar-refractivity contribution < 1.29 is 17.9 Å². The number of aliphatic hydroxyl groups is 1. The SMILES string of the molecule is O=S1(=O)CCCN1CC(O)CF. The molecule has 1 aliphatic rings. The molecule has 1 unspecified atom stereocenters. The van der Waals surface area contributed by atoms with Gasteiger partial charge in [0.2, 0.25) is 10.0 Å². The van der Waals surface area contributed by atoms with Gasteiger partial charge in [0.1, 0.15) is 6.67 Å². The van der Waals surface area contributed by atoms with E-state index in [1.165, 1.54) is 0 Å². The Kier molecular flexibility index (Phi) is 3.03. The summed E-state index contributed by atoms with van der Waals surface area (Å²) in [6, 6.07) is 0. The highest BCUT2D eigenvalue weighted by molar-refractivity contribution is 7.89. The Hall–Kier alpha value is -0.200. The van der Waals surface area contributed by atoms with Gasteiger partial charge in [0, 0.05) is 13.1 Å². The molecule has 1 fully saturated rings. The molecule has 0 aromatic carbocycles. The number of hydrogen-bond acceptors (Lipinski definition) is 3. The Bertz CT molecular complexity index is 241. The van der Waals surface area contributed by atoms with Crippen molar-refractivity contribution in [3.63, 3.8) is 0 Å². The van der Waals surface area contributed by atoms with Crippen molar-refractivity contribution in [2.45, 2.75) is 12.5 Å². The second-order valence-corrected chi connectivity index (χ2v) is 4.92. The second kappa shape index (κ2) is 3.68. The number of sulfonamides is 1. The van der Waals surface area contributed by atoms with Crippen LogP contribution in [0.3, 0.4) is 0 Å². The zero-order chi connectivity index (χ0) is 9.19. The molecule has 12 heavy (non-hydrogen) atoms. The van der Waals surface area contributed by atoms with E-state index in [2.05, 4.69) is 0 Å². The summed E-state index contributed by atoms with van der Waals surface area (Å²) in [7, 11) is -3.19. The highest BCUT2D eigenvalue weighted by atomic mass is 32.2. The van der Waals surface area contributed by atoms with Gasteiger partial charge in [0.05, 0.1) is 11.9 Å². The van der Waals surface area contributed by atoms with Gasteiger partial charge in [-0.25, -0.2) is 12.8 Å². The molecule has 0 aromatic rings. The Morgan fingerprint density at radius 3 is 2.67 bits per heavy atom. The summed E-state index contributed by atoms with van der Waals surface area (Å²) < 4.78 is 35.2. The molecule has 1 N–H and O–H groups in total. The minimum absolute atomic E-state index is 0.112. The topological polar surface area (TPSA) is 57.6 Å². The highest BCUT2D eigenvalue weighted by Gasteiger charge is 2.29. The molecule has 6 heteroatoms. The van der Waals surface area contributed by atoms with Gasteiger partial charge in [-0.15, -0.1) is 0 Å². The third-order valence-electron chi connectivity index (χ3n) is 1.80. The van der Waals surface area contributed by atoms with E-state index in [4.69, 9.17) is 5.11 Å². The number of hydrogen-bond donors (Lipinski definition) is 1. The summed E-state index contributed by atoms with van der Waals surface area (Å²) in [4.78, 5) is 0. The summed E-state index contributed by atoms with van der Waals surface area (Å²) in [5, 5.41) is 8.87. The summed E-state index contributed by atoms with van der Waals surface area (Å²) in [6.07, 6.45) is -0.612. The van der Waals surface area contributed by atoms with E-state index < -0.39 is 22.8 Å². The largest absolute Gasteiger partial charge is 0.389 e. The Morgan fingerprint density at radius 2 is 2.25 bits per heavy atom. The van der Waals surface area contributed by atoms with Crippen LogP contribution in [0.25, 0.3) is 0 Å². The van der Waals surface area contributed by atoms with Crippen LogP contribution in [-0.4, -0.2) is 49.5 Å². The predicted octanol–water partition coefficient (Wildman–Crippen LogP) is -0.648. The lowest BCUT2D eigenvalue weighted by atomic mass is 10.4. The number of alkyl halides is 1. The minimum atomic E-state index is -3.19. The van der Waals surface area contributed by atoms with Crippen molar-refractivity contribution in [3.8, 4) is 0 Å².